The smallest absolute Gasteiger partial charge is 0.325 e. The number of hydrogen-bond acceptors (Lipinski definition) is 5. The Labute approximate surface area is 172 Å². The third-order valence-electron chi connectivity index (χ3n) is 5.71. The average Bonchev–Trinajstić information content (AvgIpc) is 3.44. The van der Waals surface area contributed by atoms with E-state index in [4.69, 9.17) is 4.42 Å². The molecule has 0 atom stereocenters. The summed E-state index contributed by atoms with van der Waals surface area (Å²) in [5, 5.41) is 5.51. The van der Waals surface area contributed by atoms with Gasteiger partial charge in [-0.2, -0.15) is 0 Å². The maximum Gasteiger partial charge on any atom is 0.325 e. The third-order valence-corrected chi connectivity index (χ3v) is 5.71. The van der Waals surface area contributed by atoms with E-state index >= 15 is 0 Å². The zero-order chi connectivity index (χ0) is 20.7. The molecule has 2 aromatic carbocycles. The van der Waals surface area contributed by atoms with E-state index in [9.17, 15) is 14.4 Å². The van der Waals surface area contributed by atoms with Crippen molar-refractivity contribution in [2.24, 2.45) is 0 Å². The van der Waals surface area contributed by atoms with Gasteiger partial charge in [-0.3, -0.25) is 14.5 Å². The average molecular weight is 404 g/mol. The largest absolute Gasteiger partial charge is 0.436 e. The van der Waals surface area contributed by atoms with Crippen molar-refractivity contribution in [3.63, 3.8) is 0 Å². The summed E-state index contributed by atoms with van der Waals surface area (Å²) >= 11 is 0. The van der Waals surface area contributed by atoms with Crippen molar-refractivity contribution >= 4 is 34.6 Å². The van der Waals surface area contributed by atoms with Gasteiger partial charge >= 0.3 is 6.03 Å². The highest BCUT2D eigenvalue weighted by Crippen LogP contribution is 2.35. The van der Waals surface area contributed by atoms with Gasteiger partial charge in [0.2, 0.25) is 11.8 Å². The number of fused-ring (bicyclic) bond motifs is 1. The highest BCUT2D eigenvalue weighted by molar-refractivity contribution is 6.10. The summed E-state index contributed by atoms with van der Waals surface area (Å²) < 4.78 is 5.75. The third kappa shape index (κ3) is 3.10. The standard InChI is InChI=1S/C22H20N4O4/c27-18(13-26-20(28)22(25-21(26)29)11-3-4-12-22)23-15-9-7-14(8-10-15)19-24-16-5-1-2-6-17(16)30-19/h1-2,5-10H,3-4,11-13H2,(H,23,27)(H,25,29). The summed E-state index contributed by atoms with van der Waals surface area (Å²) in [6.45, 7) is -0.306. The van der Waals surface area contributed by atoms with Crippen molar-refractivity contribution in [2.45, 2.75) is 31.2 Å². The number of amides is 4. The maximum absolute atomic E-state index is 12.6. The van der Waals surface area contributed by atoms with Crippen molar-refractivity contribution < 1.29 is 18.8 Å². The van der Waals surface area contributed by atoms with Gasteiger partial charge in [-0.1, -0.05) is 25.0 Å². The molecule has 8 heteroatoms. The van der Waals surface area contributed by atoms with E-state index < -0.39 is 17.5 Å². The topological polar surface area (TPSA) is 105 Å². The van der Waals surface area contributed by atoms with Crippen LogP contribution in [0.5, 0.6) is 0 Å². The Hall–Kier alpha value is -3.68. The SMILES string of the molecule is O=C(CN1C(=O)NC2(CCCC2)C1=O)Nc1ccc(-c2nc3ccccc3o2)cc1. The number of urea groups is 1. The van der Waals surface area contributed by atoms with Crippen LogP contribution in [0.4, 0.5) is 10.5 Å². The Bertz CT molecular complexity index is 1110. The Morgan fingerprint density at radius 2 is 1.83 bits per heavy atom. The molecule has 0 radical (unpaired) electrons. The molecular formula is C22H20N4O4. The number of para-hydroxylation sites is 2. The van der Waals surface area contributed by atoms with Crippen molar-refractivity contribution in [1.29, 1.82) is 0 Å². The van der Waals surface area contributed by atoms with E-state index in [2.05, 4.69) is 15.6 Å². The van der Waals surface area contributed by atoms with E-state index in [0.29, 0.717) is 30.0 Å². The Balaban J connectivity index is 1.25. The first kappa shape index (κ1) is 18.4. The first-order valence-electron chi connectivity index (χ1n) is 9.94. The molecule has 3 aromatic rings. The Morgan fingerprint density at radius 1 is 1.10 bits per heavy atom. The molecule has 1 aromatic heterocycles. The van der Waals surface area contributed by atoms with Gasteiger partial charge in [0.15, 0.2) is 5.58 Å². The number of hydrogen-bond donors (Lipinski definition) is 2. The fraction of sp³-hybridized carbons (Fsp3) is 0.273. The van der Waals surface area contributed by atoms with Gasteiger partial charge in [-0.15, -0.1) is 0 Å². The molecule has 152 valence electrons. The zero-order valence-electron chi connectivity index (χ0n) is 16.2. The molecule has 1 aliphatic carbocycles. The van der Waals surface area contributed by atoms with Crippen molar-refractivity contribution in [3.05, 3.63) is 48.5 Å². The molecule has 8 nitrogen and oxygen atoms in total. The molecule has 0 unspecified atom stereocenters. The van der Waals surface area contributed by atoms with E-state index in [1.54, 1.807) is 24.3 Å². The minimum atomic E-state index is -0.807. The molecule has 4 amide bonds. The van der Waals surface area contributed by atoms with Crippen LogP contribution < -0.4 is 10.6 Å². The normalized spacial score (nSPS) is 17.7. The number of rotatable bonds is 4. The van der Waals surface area contributed by atoms with E-state index in [1.165, 1.54) is 0 Å². The maximum atomic E-state index is 12.6. The molecule has 30 heavy (non-hydrogen) atoms. The minimum Gasteiger partial charge on any atom is -0.436 e. The quantitative estimate of drug-likeness (QED) is 0.649. The molecule has 2 heterocycles. The van der Waals surface area contributed by atoms with Crippen LogP contribution in [0.1, 0.15) is 25.7 Å². The Morgan fingerprint density at radius 3 is 2.57 bits per heavy atom. The monoisotopic (exact) mass is 404 g/mol. The van der Waals surface area contributed by atoms with Gasteiger partial charge in [-0.25, -0.2) is 9.78 Å². The minimum absolute atomic E-state index is 0.300. The van der Waals surface area contributed by atoms with E-state index in [-0.39, 0.29) is 12.5 Å². The lowest BCUT2D eigenvalue weighted by Crippen LogP contribution is -2.44. The lowest BCUT2D eigenvalue weighted by molar-refractivity contribution is -0.133. The second-order valence-corrected chi connectivity index (χ2v) is 7.72. The fourth-order valence-electron chi connectivity index (χ4n) is 4.17. The summed E-state index contributed by atoms with van der Waals surface area (Å²) in [5.74, 6) is -0.232. The number of carbonyl (C=O) groups excluding carboxylic acids is 3. The first-order chi connectivity index (χ1) is 14.5. The van der Waals surface area contributed by atoms with Crippen molar-refractivity contribution in [3.8, 4) is 11.5 Å². The molecule has 2 N–H and O–H groups in total. The number of carbonyl (C=O) groups is 3. The lowest BCUT2D eigenvalue weighted by atomic mass is 9.98. The van der Waals surface area contributed by atoms with Gasteiger partial charge in [0.05, 0.1) is 0 Å². The number of nitrogens with zero attached hydrogens (tertiary/aromatic N) is 2. The highest BCUT2D eigenvalue weighted by Gasteiger charge is 2.52. The predicted molar refractivity (Wildman–Crippen MR) is 110 cm³/mol. The number of aromatic nitrogens is 1. The summed E-state index contributed by atoms with van der Waals surface area (Å²) in [5.41, 5.74) is 2.01. The van der Waals surface area contributed by atoms with Gasteiger partial charge in [-0.05, 0) is 49.2 Å². The van der Waals surface area contributed by atoms with Crippen LogP contribution in [0.2, 0.25) is 0 Å². The Kier molecular flexibility index (Phi) is 4.27. The van der Waals surface area contributed by atoms with Crippen LogP contribution in [-0.4, -0.2) is 39.8 Å². The molecular weight excluding hydrogens is 384 g/mol. The zero-order valence-corrected chi connectivity index (χ0v) is 16.2. The molecule has 2 aliphatic rings. The molecule has 1 spiro atoms. The molecule has 0 bridgehead atoms. The number of nitrogens with one attached hydrogen (secondary N) is 2. The number of imide groups is 1. The fourth-order valence-corrected chi connectivity index (χ4v) is 4.17. The molecule has 2 fully saturated rings. The summed E-state index contributed by atoms with van der Waals surface area (Å²) in [7, 11) is 0. The van der Waals surface area contributed by atoms with Crippen LogP contribution in [0, 0.1) is 0 Å². The molecule has 1 saturated heterocycles. The van der Waals surface area contributed by atoms with Crippen LogP contribution in [0.3, 0.4) is 0 Å². The van der Waals surface area contributed by atoms with Crippen LogP contribution >= 0.6 is 0 Å². The summed E-state index contributed by atoms with van der Waals surface area (Å²) in [4.78, 5) is 42.7. The number of anilines is 1. The summed E-state index contributed by atoms with van der Waals surface area (Å²) in [6.07, 6.45) is 3.07. The number of benzene rings is 2. The predicted octanol–water partition coefficient (Wildman–Crippen LogP) is 3.30. The summed E-state index contributed by atoms with van der Waals surface area (Å²) in [6, 6.07) is 14.1. The molecule has 1 aliphatic heterocycles. The van der Waals surface area contributed by atoms with Crippen LogP contribution in [0.15, 0.2) is 52.9 Å². The van der Waals surface area contributed by atoms with Crippen molar-refractivity contribution in [2.75, 3.05) is 11.9 Å². The van der Waals surface area contributed by atoms with Gasteiger partial charge in [0.1, 0.15) is 17.6 Å². The van der Waals surface area contributed by atoms with Gasteiger partial charge < -0.3 is 15.1 Å². The second kappa shape index (κ2) is 6.98. The van der Waals surface area contributed by atoms with E-state index in [0.717, 1.165) is 28.8 Å². The first-order valence-corrected chi connectivity index (χ1v) is 9.94. The lowest BCUT2D eigenvalue weighted by Gasteiger charge is -2.19. The molecule has 1 saturated carbocycles. The molecule has 5 rings (SSSR count). The van der Waals surface area contributed by atoms with Gasteiger partial charge in [0, 0.05) is 11.3 Å². The second-order valence-electron chi connectivity index (χ2n) is 7.72. The van der Waals surface area contributed by atoms with Gasteiger partial charge in [0.25, 0.3) is 5.91 Å². The van der Waals surface area contributed by atoms with Crippen LogP contribution in [-0.2, 0) is 9.59 Å². The van der Waals surface area contributed by atoms with E-state index in [1.807, 2.05) is 24.3 Å². The highest BCUT2D eigenvalue weighted by atomic mass is 16.3. The van der Waals surface area contributed by atoms with Crippen molar-refractivity contribution in [1.82, 2.24) is 15.2 Å². The van der Waals surface area contributed by atoms with Crippen LogP contribution in [0.25, 0.3) is 22.6 Å². The number of oxazole rings is 1.